The second-order valence-corrected chi connectivity index (χ2v) is 4.34. The molecule has 0 aliphatic carbocycles. The number of nitrogens with zero attached hydrogens (tertiary/aromatic N) is 2. The highest BCUT2D eigenvalue weighted by Gasteiger charge is 2.21. The zero-order valence-electron chi connectivity index (χ0n) is 9.83. The Morgan fingerprint density at radius 1 is 1.59 bits per heavy atom. The number of nitro groups is 1. The Kier molecular flexibility index (Phi) is 3.58. The Morgan fingerprint density at radius 2 is 2.41 bits per heavy atom. The van der Waals surface area contributed by atoms with Crippen molar-refractivity contribution in [1.29, 1.82) is 0 Å². The van der Waals surface area contributed by atoms with Gasteiger partial charge in [-0.2, -0.15) is 0 Å². The molecular formula is C12H16N2O3. The van der Waals surface area contributed by atoms with E-state index in [1.807, 2.05) is 0 Å². The van der Waals surface area contributed by atoms with Crippen molar-refractivity contribution in [3.63, 3.8) is 0 Å². The van der Waals surface area contributed by atoms with Gasteiger partial charge in [-0.3, -0.25) is 10.1 Å². The minimum Gasteiger partial charge on any atom is -0.492 e. The first-order valence-electron chi connectivity index (χ1n) is 5.74. The number of rotatable bonds is 4. The van der Waals surface area contributed by atoms with Crippen LogP contribution in [-0.4, -0.2) is 36.1 Å². The summed E-state index contributed by atoms with van der Waals surface area (Å²) in [4.78, 5) is 12.5. The minimum atomic E-state index is -0.408. The van der Waals surface area contributed by atoms with E-state index in [4.69, 9.17) is 4.74 Å². The Balaban J connectivity index is 1.94. The number of likely N-dealkylation sites (N-methyl/N-ethyl adjacent to an activating group) is 1. The van der Waals surface area contributed by atoms with Crippen LogP contribution < -0.4 is 4.74 Å². The second kappa shape index (κ2) is 5.14. The van der Waals surface area contributed by atoms with Crippen molar-refractivity contribution < 1.29 is 9.66 Å². The fourth-order valence-electron chi connectivity index (χ4n) is 2.07. The minimum absolute atomic E-state index is 0.0716. The zero-order valence-corrected chi connectivity index (χ0v) is 9.83. The van der Waals surface area contributed by atoms with Crippen molar-refractivity contribution in [3.05, 3.63) is 34.4 Å². The third-order valence-electron chi connectivity index (χ3n) is 3.14. The summed E-state index contributed by atoms with van der Waals surface area (Å²) in [5.74, 6) is 0.569. The lowest BCUT2D eigenvalue weighted by atomic mass is 10.2. The highest BCUT2D eigenvalue weighted by Crippen LogP contribution is 2.21. The maximum absolute atomic E-state index is 10.6. The van der Waals surface area contributed by atoms with E-state index < -0.39 is 4.92 Å². The van der Waals surface area contributed by atoms with Gasteiger partial charge in [0.2, 0.25) is 0 Å². The maximum atomic E-state index is 10.6. The van der Waals surface area contributed by atoms with E-state index >= 15 is 0 Å². The van der Waals surface area contributed by atoms with E-state index in [1.165, 1.54) is 18.6 Å². The van der Waals surface area contributed by atoms with Crippen molar-refractivity contribution in [2.45, 2.75) is 18.9 Å². The van der Waals surface area contributed by atoms with E-state index in [1.54, 1.807) is 12.1 Å². The van der Waals surface area contributed by atoms with Crippen LogP contribution in [0.15, 0.2) is 24.3 Å². The highest BCUT2D eigenvalue weighted by molar-refractivity contribution is 5.37. The molecule has 0 saturated carbocycles. The first-order valence-corrected chi connectivity index (χ1v) is 5.74. The summed E-state index contributed by atoms with van der Waals surface area (Å²) in [6.07, 6.45) is 2.32. The maximum Gasteiger partial charge on any atom is 0.273 e. The molecule has 1 aromatic carbocycles. The molecule has 0 N–H and O–H groups in total. The van der Waals surface area contributed by atoms with Crippen LogP contribution in [-0.2, 0) is 0 Å². The molecular weight excluding hydrogens is 220 g/mol. The molecule has 0 radical (unpaired) electrons. The molecule has 1 heterocycles. The van der Waals surface area contributed by atoms with E-state index in [0.717, 1.165) is 13.0 Å². The van der Waals surface area contributed by atoms with Crippen molar-refractivity contribution in [3.8, 4) is 5.75 Å². The quantitative estimate of drug-likeness (QED) is 0.593. The zero-order chi connectivity index (χ0) is 12.3. The number of likely N-dealkylation sites (tertiary alicyclic amines) is 1. The van der Waals surface area contributed by atoms with Crippen molar-refractivity contribution in [2.24, 2.45) is 0 Å². The monoisotopic (exact) mass is 236 g/mol. The van der Waals surface area contributed by atoms with Crippen molar-refractivity contribution in [2.75, 3.05) is 20.2 Å². The molecule has 0 amide bonds. The summed E-state index contributed by atoms with van der Waals surface area (Å²) >= 11 is 0. The highest BCUT2D eigenvalue weighted by atomic mass is 16.6. The summed E-state index contributed by atoms with van der Waals surface area (Å²) in [5, 5.41) is 10.6. The van der Waals surface area contributed by atoms with Crippen LogP contribution in [0.25, 0.3) is 0 Å². The van der Waals surface area contributed by atoms with Gasteiger partial charge in [0.15, 0.2) is 0 Å². The molecule has 1 unspecified atom stereocenters. The van der Waals surface area contributed by atoms with Gasteiger partial charge in [0.05, 0.1) is 11.0 Å². The molecule has 5 nitrogen and oxygen atoms in total. The van der Waals surface area contributed by atoms with Crippen LogP contribution in [0.3, 0.4) is 0 Å². The van der Waals surface area contributed by atoms with Crippen molar-refractivity contribution in [1.82, 2.24) is 4.90 Å². The number of benzene rings is 1. The lowest BCUT2D eigenvalue weighted by molar-refractivity contribution is -0.384. The number of hydrogen-bond donors (Lipinski definition) is 0. The molecule has 1 aromatic rings. The predicted octanol–water partition coefficient (Wildman–Crippen LogP) is 2.07. The fourth-order valence-corrected chi connectivity index (χ4v) is 2.07. The van der Waals surface area contributed by atoms with E-state index in [2.05, 4.69) is 11.9 Å². The molecule has 2 rings (SSSR count). The third-order valence-corrected chi connectivity index (χ3v) is 3.14. The standard InChI is InChI=1S/C12H16N2O3/c1-13-7-3-5-11(13)9-17-12-6-2-4-10(8-12)14(15)16/h2,4,6,8,11H,3,5,7,9H2,1H3. The number of nitro benzene ring substituents is 1. The van der Waals surface area contributed by atoms with Gasteiger partial charge in [0, 0.05) is 12.1 Å². The summed E-state index contributed by atoms with van der Waals surface area (Å²) in [6, 6.07) is 6.76. The number of non-ortho nitro benzene ring substituents is 1. The third kappa shape index (κ3) is 2.94. The summed E-state index contributed by atoms with van der Waals surface area (Å²) in [5.41, 5.74) is 0.0716. The number of ether oxygens (including phenoxy) is 1. The van der Waals surface area contributed by atoms with Gasteiger partial charge in [0.25, 0.3) is 5.69 Å². The molecule has 92 valence electrons. The fraction of sp³-hybridized carbons (Fsp3) is 0.500. The van der Waals surface area contributed by atoms with E-state index in [0.29, 0.717) is 18.4 Å². The van der Waals surface area contributed by atoms with E-state index in [9.17, 15) is 10.1 Å². The van der Waals surface area contributed by atoms with Crippen LogP contribution in [0.1, 0.15) is 12.8 Å². The molecule has 5 heteroatoms. The molecule has 0 bridgehead atoms. The SMILES string of the molecule is CN1CCCC1COc1cccc([N+](=O)[O-])c1. The molecule has 1 saturated heterocycles. The Hall–Kier alpha value is -1.62. The average molecular weight is 236 g/mol. The Bertz CT molecular complexity index is 408. The molecule has 1 aliphatic rings. The van der Waals surface area contributed by atoms with Gasteiger partial charge in [-0.15, -0.1) is 0 Å². The van der Waals surface area contributed by atoms with Gasteiger partial charge in [-0.05, 0) is 32.5 Å². The lowest BCUT2D eigenvalue weighted by Gasteiger charge is -2.19. The summed E-state index contributed by atoms with van der Waals surface area (Å²) in [7, 11) is 2.08. The predicted molar refractivity (Wildman–Crippen MR) is 64.2 cm³/mol. The van der Waals surface area contributed by atoms with Crippen LogP contribution in [0.2, 0.25) is 0 Å². The van der Waals surface area contributed by atoms with Crippen molar-refractivity contribution >= 4 is 5.69 Å². The smallest absolute Gasteiger partial charge is 0.273 e. The van der Waals surface area contributed by atoms with Gasteiger partial charge >= 0.3 is 0 Å². The molecule has 1 fully saturated rings. The first-order chi connectivity index (χ1) is 8.16. The molecule has 1 aliphatic heterocycles. The first kappa shape index (κ1) is 11.9. The van der Waals surface area contributed by atoms with Gasteiger partial charge in [0.1, 0.15) is 12.4 Å². The molecule has 0 spiro atoms. The summed E-state index contributed by atoms with van der Waals surface area (Å²) in [6.45, 7) is 1.70. The van der Waals surface area contributed by atoms with Gasteiger partial charge in [-0.1, -0.05) is 6.07 Å². The van der Waals surface area contributed by atoms with Crippen LogP contribution in [0, 0.1) is 10.1 Å². The lowest BCUT2D eigenvalue weighted by Crippen LogP contribution is -2.30. The van der Waals surface area contributed by atoms with Crippen LogP contribution in [0.5, 0.6) is 5.75 Å². The largest absolute Gasteiger partial charge is 0.492 e. The second-order valence-electron chi connectivity index (χ2n) is 4.34. The Labute approximate surface area is 100 Å². The molecule has 1 atom stereocenters. The topological polar surface area (TPSA) is 55.6 Å². The molecule has 0 aromatic heterocycles. The van der Waals surface area contributed by atoms with E-state index in [-0.39, 0.29) is 5.69 Å². The van der Waals surface area contributed by atoms with Crippen LogP contribution in [0.4, 0.5) is 5.69 Å². The normalized spacial score (nSPS) is 20.4. The molecule has 17 heavy (non-hydrogen) atoms. The van der Waals surface area contributed by atoms with Crippen LogP contribution >= 0.6 is 0 Å². The Morgan fingerprint density at radius 3 is 3.06 bits per heavy atom. The van der Waals surface area contributed by atoms with Gasteiger partial charge in [-0.25, -0.2) is 0 Å². The number of hydrogen-bond acceptors (Lipinski definition) is 4. The summed E-state index contributed by atoms with van der Waals surface area (Å²) < 4.78 is 5.61. The van der Waals surface area contributed by atoms with Gasteiger partial charge < -0.3 is 9.64 Å². The average Bonchev–Trinajstić information content (AvgIpc) is 2.72.